The molecule has 0 fully saturated rings. The molecule has 1 aliphatic heterocycles. The SMILES string of the molecule is Fc1cc(CN2C=CNC2)cnc1-c1cccc(C(F)F)c1. The van der Waals surface area contributed by atoms with E-state index in [1.54, 1.807) is 12.3 Å². The Kier molecular flexibility index (Phi) is 4.00. The van der Waals surface area contributed by atoms with Crippen LogP contribution in [-0.2, 0) is 6.54 Å². The zero-order valence-electron chi connectivity index (χ0n) is 11.6. The van der Waals surface area contributed by atoms with Gasteiger partial charge in [0, 0.05) is 36.3 Å². The van der Waals surface area contributed by atoms with Crippen molar-refractivity contribution in [2.24, 2.45) is 0 Å². The van der Waals surface area contributed by atoms with Gasteiger partial charge in [0.2, 0.25) is 0 Å². The first-order chi connectivity index (χ1) is 10.6. The maximum atomic E-state index is 14.2. The highest BCUT2D eigenvalue weighted by atomic mass is 19.3. The van der Waals surface area contributed by atoms with Crippen LogP contribution in [0.2, 0.25) is 0 Å². The van der Waals surface area contributed by atoms with Gasteiger partial charge in [0.05, 0.1) is 6.67 Å². The molecule has 0 amide bonds. The normalized spacial score (nSPS) is 13.7. The number of nitrogens with zero attached hydrogens (tertiary/aromatic N) is 2. The van der Waals surface area contributed by atoms with Crippen LogP contribution in [0.4, 0.5) is 13.2 Å². The summed E-state index contributed by atoms with van der Waals surface area (Å²) in [5.74, 6) is -0.514. The first kappa shape index (κ1) is 14.4. The molecule has 3 rings (SSSR count). The number of halogens is 3. The summed E-state index contributed by atoms with van der Waals surface area (Å²) in [5, 5.41) is 3.02. The molecular formula is C16H14F3N3. The van der Waals surface area contributed by atoms with Crippen molar-refractivity contribution in [3.63, 3.8) is 0 Å². The third-order valence-electron chi connectivity index (χ3n) is 3.39. The van der Waals surface area contributed by atoms with Crippen molar-refractivity contribution in [2.45, 2.75) is 13.0 Å². The summed E-state index contributed by atoms with van der Waals surface area (Å²) in [7, 11) is 0. The second-order valence-electron chi connectivity index (χ2n) is 5.03. The van der Waals surface area contributed by atoms with Gasteiger partial charge in [-0.05, 0) is 17.7 Å². The largest absolute Gasteiger partial charge is 0.373 e. The lowest BCUT2D eigenvalue weighted by Gasteiger charge is -2.15. The highest BCUT2D eigenvalue weighted by Crippen LogP contribution is 2.26. The summed E-state index contributed by atoms with van der Waals surface area (Å²) >= 11 is 0. The van der Waals surface area contributed by atoms with Crippen molar-refractivity contribution in [2.75, 3.05) is 6.67 Å². The van der Waals surface area contributed by atoms with Gasteiger partial charge in [0.25, 0.3) is 6.43 Å². The van der Waals surface area contributed by atoms with E-state index in [1.807, 2.05) is 17.3 Å². The average Bonchev–Trinajstić information content (AvgIpc) is 3.00. The standard InChI is InChI=1S/C16H14F3N3/c17-14-6-11(9-22-5-4-20-10-22)8-21-15(14)12-2-1-3-13(7-12)16(18)19/h1-8,16,20H,9-10H2. The molecule has 1 aliphatic rings. The molecule has 114 valence electrons. The molecule has 22 heavy (non-hydrogen) atoms. The molecule has 1 aromatic heterocycles. The quantitative estimate of drug-likeness (QED) is 0.934. The van der Waals surface area contributed by atoms with Crippen LogP contribution >= 0.6 is 0 Å². The van der Waals surface area contributed by atoms with Crippen molar-refractivity contribution >= 4 is 0 Å². The Balaban J connectivity index is 1.85. The molecule has 2 heterocycles. The van der Waals surface area contributed by atoms with Gasteiger partial charge >= 0.3 is 0 Å². The van der Waals surface area contributed by atoms with Gasteiger partial charge in [-0.2, -0.15) is 0 Å². The van der Waals surface area contributed by atoms with E-state index in [0.29, 0.717) is 18.8 Å². The minimum Gasteiger partial charge on any atom is -0.373 e. The van der Waals surface area contributed by atoms with E-state index in [-0.39, 0.29) is 11.3 Å². The lowest BCUT2D eigenvalue weighted by atomic mass is 10.1. The van der Waals surface area contributed by atoms with Crippen LogP contribution in [0.25, 0.3) is 11.3 Å². The minimum atomic E-state index is -2.59. The molecule has 0 saturated carbocycles. The Labute approximate surface area is 126 Å². The maximum Gasteiger partial charge on any atom is 0.263 e. The van der Waals surface area contributed by atoms with Crippen LogP contribution in [0.5, 0.6) is 0 Å². The number of pyridine rings is 1. The molecule has 6 heteroatoms. The molecule has 0 radical (unpaired) electrons. The van der Waals surface area contributed by atoms with Crippen LogP contribution < -0.4 is 5.32 Å². The van der Waals surface area contributed by atoms with Crippen LogP contribution in [0, 0.1) is 5.82 Å². The minimum absolute atomic E-state index is 0.0846. The summed E-state index contributed by atoms with van der Waals surface area (Å²) < 4.78 is 39.7. The maximum absolute atomic E-state index is 14.2. The topological polar surface area (TPSA) is 28.2 Å². The molecule has 0 unspecified atom stereocenters. The van der Waals surface area contributed by atoms with E-state index in [9.17, 15) is 13.2 Å². The molecule has 1 aromatic carbocycles. The van der Waals surface area contributed by atoms with Crippen molar-refractivity contribution < 1.29 is 13.2 Å². The predicted octanol–water partition coefficient (Wildman–Crippen LogP) is 3.66. The van der Waals surface area contributed by atoms with E-state index in [0.717, 1.165) is 5.56 Å². The predicted molar refractivity (Wildman–Crippen MR) is 77.3 cm³/mol. The summed E-state index contributed by atoms with van der Waals surface area (Å²) in [6.45, 7) is 1.20. The zero-order chi connectivity index (χ0) is 15.5. The smallest absolute Gasteiger partial charge is 0.263 e. The number of rotatable bonds is 4. The fraction of sp³-hybridized carbons (Fsp3) is 0.188. The van der Waals surface area contributed by atoms with E-state index in [4.69, 9.17) is 0 Å². The van der Waals surface area contributed by atoms with Gasteiger partial charge in [-0.3, -0.25) is 4.98 Å². The summed E-state index contributed by atoms with van der Waals surface area (Å²) in [6.07, 6.45) is 2.67. The Morgan fingerprint density at radius 3 is 2.82 bits per heavy atom. The summed E-state index contributed by atoms with van der Waals surface area (Å²) in [5.41, 5.74) is 1.02. The average molecular weight is 305 g/mol. The van der Waals surface area contributed by atoms with Gasteiger partial charge in [0.15, 0.2) is 0 Å². The number of aromatic nitrogens is 1. The molecule has 0 saturated heterocycles. The first-order valence-electron chi connectivity index (χ1n) is 6.80. The lowest BCUT2D eigenvalue weighted by molar-refractivity contribution is 0.151. The number of nitrogens with one attached hydrogen (secondary N) is 1. The second-order valence-corrected chi connectivity index (χ2v) is 5.03. The Morgan fingerprint density at radius 2 is 2.14 bits per heavy atom. The van der Waals surface area contributed by atoms with Crippen molar-refractivity contribution in [3.05, 3.63) is 65.9 Å². The summed E-state index contributed by atoms with van der Waals surface area (Å²) in [4.78, 5) is 6.07. The van der Waals surface area contributed by atoms with Gasteiger partial charge < -0.3 is 10.2 Å². The van der Waals surface area contributed by atoms with E-state index < -0.39 is 12.2 Å². The molecule has 0 atom stereocenters. The molecule has 0 bridgehead atoms. The number of hydrogen-bond acceptors (Lipinski definition) is 3. The highest BCUT2D eigenvalue weighted by Gasteiger charge is 2.13. The Morgan fingerprint density at radius 1 is 1.27 bits per heavy atom. The number of alkyl halides is 2. The molecule has 0 aliphatic carbocycles. The lowest BCUT2D eigenvalue weighted by Crippen LogP contribution is -2.20. The van der Waals surface area contributed by atoms with Crippen molar-refractivity contribution in [3.8, 4) is 11.3 Å². The zero-order valence-corrected chi connectivity index (χ0v) is 11.6. The molecule has 1 N–H and O–H groups in total. The van der Waals surface area contributed by atoms with E-state index >= 15 is 0 Å². The van der Waals surface area contributed by atoms with E-state index in [2.05, 4.69) is 10.3 Å². The number of hydrogen-bond donors (Lipinski definition) is 1. The van der Waals surface area contributed by atoms with Gasteiger partial charge in [-0.15, -0.1) is 0 Å². The van der Waals surface area contributed by atoms with Gasteiger partial charge in [-0.25, -0.2) is 13.2 Å². The van der Waals surface area contributed by atoms with Crippen LogP contribution in [-0.4, -0.2) is 16.6 Å². The molecule has 0 spiro atoms. The molecular weight excluding hydrogens is 291 g/mol. The highest BCUT2D eigenvalue weighted by molar-refractivity contribution is 5.61. The Hall–Kier alpha value is -2.50. The first-order valence-corrected chi connectivity index (χ1v) is 6.80. The third-order valence-corrected chi connectivity index (χ3v) is 3.39. The van der Waals surface area contributed by atoms with Crippen LogP contribution in [0.15, 0.2) is 48.9 Å². The fourth-order valence-corrected chi connectivity index (χ4v) is 2.32. The number of benzene rings is 1. The monoisotopic (exact) mass is 305 g/mol. The van der Waals surface area contributed by atoms with Crippen LogP contribution in [0.1, 0.15) is 17.6 Å². The van der Waals surface area contributed by atoms with E-state index in [1.165, 1.54) is 24.3 Å². The molecule has 2 aromatic rings. The second kappa shape index (κ2) is 6.09. The van der Waals surface area contributed by atoms with Crippen molar-refractivity contribution in [1.29, 1.82) is 0 Å². The molecule has 3 nitrogen and oxygen atoms in total. The Bertz CT molecular complexity index is 701. The van der Waals surface area contributed by atoms with Gasteiger partial charge in [-0.1, -0.05) is 18.2 Å². The third kappa shape index (κ3) is 3.05. The summed E-state index contributed by atoms with van der Waals surface area (Å²) in [6, 6.07) is 7.02. The fourth-order valence-electron chi connectivity index (χ4n) is 2.32. The van der Waals surface area contributed by atoms with Crippen LogP contribution in [0.3, 0.4) is 0 Å². The van der Waals surface area contributed by atoms with Crippen molar-refractivity contribution in [1.82, 2.24) is 15.2 Å². The van der Waals surface area contributed by atoms with Gasteiger partial charge in [0.1, 0.15) is 11.5 Å².